The number of carbonyl (C=O) groups excluding carboxylic acids is 1. The molecule has 2 aliphatic rings. The maximum absolute atomic E-state index is 14.8. The number of hydrogen-bond donors (Lipinski definition) is 1. The Bertz CT molecular complexity index is 1640. The van der Waals surface area contributed by atoms with Crippen molar-refractivity contribution < 1.29 is 23.4 Å². The van der Waals surface area contributed by atoms with Crippen LogP contribution in [0, 0.1) is 11.2 Å². The van der Waals surface area contributed by atoms with E-state index in [2.05, 4.69) is 45.9 Å². The number of halogens is 1. The maximum atomic E-state index is 14.8. The van der Waals surface area contributed by atoms with Crippen LogP contribution >= 0.6 is 0 Å². The van der Waals surface area contributed by atoms with Crippen molar-refractivity contribution >= 4 is 34.0 Å². The Morgan fingerprint density at radius 3 is 2.57 bits per heavy atom. The normalized spacial score (nSPS) is 17.5. The van der Waals surface area contributed by atoms with Crippen molar-refractivity contribution in [3.8, 4) is 11.6 Å². The molecule has 230 valence electrons. The minimum Gasteiger partial charge on any atom is -0.438 e. The fourth-order valence-corrected chi connectivity index (χ4v) is 5.73. The summed E-state index contributed by atoms with van der Waals surface area (Å²) in [5.74, 6) is 0.755. The minimum absolute atomic E-state index is 0.0460. The van der Waals surface area contributed by atoms with Crippen LogP contribution in [0.3, 0.4) is 0 Å². The topological polar surface area (TPSA) is 89.1 Å². The van der Waals surface area contributed by atoms with Crippen LogP contribution in [0.2, 0.25) is 0 Å². The van der Waals surface area contributed by atoms with Crippen molar-refractivity contribution in [2.45, 2.75) is 33.3 Å². The van der Waals surface area contributed by atoms with Crippen LogP contribution in [0.4, 0.5) is 21.7 Å². The lowest BCUT2D eigenvalue weighted by Crippen LogP contribution is -2.44. The highest BCUT2D eigenvalue weighted by molar-refractivity contribution is 6.10. The molecule has 3 heterocycles. The summed E-state index contributed by atoms with van der Waals surface area (Å²) < 4.78 is 32.5. The van der Waals surface area contributed by atoms with Crippen LogP contribution in [0.15, 0.2) is 66.9 Å². The standard InChI is InChI=1S/C34H38FN5O4/c1-34(2,3)21-26-22-40(14-17-43-26)25-19-23(18-24(35)20-25)32(41)37-29-8-9-30(28-7-5-4-6-27(28)29)44-31-10-11-36-33(38-31)39-12-15-42-16-13-39/h4-11,18-20,26H,12-17,21-22H2,1-3H3,(H,37,41). The zero-order chi connectivity index (χ0) is 30.7. The van der Waals surface area contributed by atoms with Gasteiger partial charge < -0.3 is 29.3 Å². The van der Waals surface area contributed by atoms with Gasteiger partial charge in [0.2, 0.25) is 11.8 Å². The Hall–Kier alpha value is -4.28. The van der Waals surface area contributed by atoms with E-state index < -0.39 is 11.7 Å². The average molecular weight is 600 g/mol. The van der Waals surface area contributed by atoms with E-state index in [0.29, 0.717) is 61.9 Å². The summed E-state index contributed by atoms with van der Waals surface area (Å²) in [7, 11) is 0. The Balaban J connectivity index is 1.21. The lowest BCUT2D eigenvalue weighted by molar-refractivity contribution is 0.0151. The number of amides is 1. The van der Waals surface area contributed by atoms with Crippen molar-refractivity contribution in [2.24, 2.45) is 5.41 Å². The molecule has 0 bridgehead atoms. The monoisotopic (exact) mass is 599 g/mol. The number of anilines is 3. The fraction of sp³-hybridized carbons (Fsp3) is 0.382. The van der Waals surface area contributed by atoms with Crippen LogP contribution in [-0.4, -0.2) is 68.0 Å². The van der Waals surface area contributed by atoms with Gasteiger partial charge in [0.05, 0.1) is 25.9 Å². The van der Waals surface area contributed by atoms with E-state index in [-0.39, 0.29) is 17.1 Å². The molecule has 2 saturated heterocycles. The van der Waals surface area contributed by atoms with E-state index in [0.717, 1.165) is 30.3 Å². The van der Waals surface area contributed by atoms with Gasteiger partial charge in [0.15, 0.2) is 0 Å². The zero-order valence-electron chi connectivity index (χ0n) is 25.4. The largest absolute Gasteiger partial charge is 0.438 e. The third-order valence-electron chi connectivity index (χ3n) is 7.75. The van der Waals surface area contributed by atoms with Crippen molar-refractivity contribution in [2.75, 3.05) is 61.1 Å². The fourth-order valence-electron chi connectivity index (χ4n) is 5.73. The minimum atomic E-state index is -0.457. The molecule has 0 spiro atoms. The van der Waals surface area contributed by atoms with Crippen LogP contribution < -0.4 is 19.9 Å². The van der Waals surface area contributed by atoms with Crippen molar-refractivity contribution in [1.82, 2.24) is 9.97 Å². The van der Waals surface area contributed by atoms with Crippen molar-refractivity contribution in [1.29, 1.82) is 0 Å². The Labute approximate surface area is 257 Å². The Kier molecular flexibility index (Phi) is 8.63. The molecule has 2 aliphatic heterocycles. The highest BCUT2D eigenvalue weighted by atomic mass is 19.1. The van der Waals surface area contributed by atoms with Gasteiger partial charge in [-0.05, 0) is 42.2 Å². The summed E-state index contributed by atoms with van der Waals surface area (Å²) >= 11 is 0. The van der Waals surface area contributed by atoms with Gasteiger partial charge in [-0.3, -0.25) is 4.79 Å². The van der Waals surface area contributed by atoms with Gasteiger partial charge >= 0.3 is 0 Å². The summed E-state index contributed by atoms with van der Waals surface area (Å²) in [5.41, 5.74) is 1.63. The Morgan fingerprint density at radius 1 is 1.00 bits per heavy atom. The number of hydrogen-bond acceptors (Lipinski definition) is 8. The Morgan fingerprint density at radius 2 is 1.77 bits per heavy atom. The number of nitrogens with one attached hydrogen (secondary N) is 1. The smallest absolute Gasteiger partial charge is 0.255 e. The molecule has 3 aromatic carbocycles. The van der Waals surface area contributed by atoms with Gasteiger partial charge in [-0.2, -0.15) is 4.98 Å². The van der Waals surface area contributed by atoms with Crippen molar-refractivity contribution in [3.05, 3.63) is 78.2 Å². The van der Waals surface area contributed by atoms with Crippen LogP contribution in [0.25, 0.3) is 10.8 Å². The van der Waals surface area contributed by atoms with Crippen LogP contribution in [0.1, 0.15) is 37.6 Å². The first kappa shape index (κ1) is 29.8. The van der Waals surface area contributed by atoms with Gasteiger partial charge in [-0.1, -0.05) is 45.0 Å². The average Bonchev–Trinajstić information content (AvgIpc) is 3.02. The van der Waals surface area contributed by atoms with E-state index in [1.165, 1.54) is 12.1 Å². The molecule has 1 atom stereocenters. The third-order valence-corrected chi connectivity index (χ3v) is 7.75. The van der Waals surface area contributed by atoms with Gasteiger partial charge in [0, 0.05) is 66.2 Å². The molecule has 2 fully saturated rings. The number of fused-ring (bicyclic) bond motifs is 1. The number of ether oxygens (including phenoxy) is 3. The second-order valence-corrected chi connectivity index (χ2v) is 12.4. The van der Waals surface area contributed by atoms with Crippen LogP contribution in [-0.2, 0) is 9.47 Å². The number of rotatable bonds is 7. The third kappa shape index (κ3) is 7.09. The lowest BCUT2D eigenvalue weighted by Gasteiger charge is -2.37. The summed E-state index contributed by atoms with van der Waals surface area (Å²) in [6.45, 7) is 11.1. The van der Waals surface area contributed by atoms with E-state index in [9.17, 15) is 9.18 Å². The van der Waals surface area contributed by atoms with E-state index in [4.69, 9.17) is 14.2 Å². The quantitative estimate of drug-likeness (QED) is 0.265. The molecule has 0 saturated carbocycles. The van der Waals surface area contributed by atoms with E-state index >= 15 is 0 Å². The highest BCUT2D eigenvalue weighted by Gasteiger charge is 2.26. The van der Waals surface area contributed by atoms with Gasteiger partial charge in [-0.25, -0.2) is 9.37 Å². The van der Waals surface area contributed by atoms with Gasteiger partial charge in [0.25, 0.3) is 5.91 Å². The number of morpholine rings is 2. The van der Waals surface area contributed by atoms with Crippen LogP contribution in [0.5, 0.6) is 11.6 Å². The maximum Gasteiger partial charge on any atom is 0.255 e. The van der Waals surface area contributed by atoms with Crippen molar-refractivity contribution in [3.63, 3.8) is 0 Å². The number of carbonyl (C=O) groups is 1. The number of benzene rings is 3. The molecule has 9 nitrogen and oxygen atoms in total. The molecule has 10 heteroatoms. The molecular formula is C34H38FN5O4. The molecule has 0 radical (unpaired) electrons. The molecule has 44 heavy (non-hydrogen) atoms. The van der Waals surface area contributed by atoms with E-state index in [1.54, 1.807) is 30.5 Å². The molecule has 1 N–H and O–H groups in total. The molecule has 1 unspecified atom stereocenters. The first-order chi connectivity index (χ1) is 21.2. The first-order valence-electron chi connectivity index (χ1n) is 15.1. The molecule has 1 amide bonds. The predicted octanol–water partition coefficient (Wildman–Crippen LogP) is 6.29. The lowest BCUT2D eigenvalue weighted by atomic mass is 9.88. The zero-order valence-corrected chi connectivity index (χ0v) is 25.4. The summed E-state index contributed by atoms with van der Waals surface area (Å²) in [4.78, 5) is 26.6. The summed E-state index contributed by atoms with van der Waals surface area (Å²) in [6, 6.07) is 17.5. The van der Waals surface area contributed by atoms with Gasteiger partial charge in [-0.15, -0.1) is 0 Å². The summed E-state index contributed by atoms with van der Waals surface area (Å²) in [6.07, 6.45) is 2.62. The molecule has 0 aliphatic carbocycles. The first-order valence-corrected chi connectivity index (χ1v) is 15.1. The molecule has 1 aromatic heterocycles. The SMILES string of the molecule is CC(C)(C)CC1CN(c2cc(F)cc(C(=O)Nc3ccc(Oc4ccnc(N5CCOCC5)n4)c4ccccc34)c2)CCO1. The molecular weight excluding hydrogens is 561 g/mol. The predicted molar refractivity (Wildman–Crippen MR) is 169 cm³/mol. The molecule has 4 aromatic rings. The van der Waals surface area contributed by atoms with E-state index in [1.807, 2.05) is 24.3 Å². The molecule has 6 rings (SSSR count). The number of aromatic nitrogens is 2. The highest BCUT2D eigenvalue weighted by Crippen LogP contribution is 2.35. The summed E-state index contributed by atoms with van der Waals surface area (Å²) in [5, 5.41) is 4.58. The van der Waals surface area contributed by atoms with Gasteiger partial charge in [0.1, 0.15) is 11.6 Å². The second-order valence-electron chi connectivity index (χ2n) is 12.4. The second kappa shape index (κ2) is 12.8. The number of nitrogens with zero attached hydrogens (tertiary/aromatic N) is 4.